The van der Waals surface area contributed by atoms with E-state index in [9.17, 15) is 14.7 Å². The maximum Gasteiger partial charge on any atom is 0.295 e. The monoisotopic (exact) mass is 448 g/mol. The third-order valence-corrected chi connectivity index (χ3v) is 5.65. The van der Waals surface area contributed by atoms with E-state index in [2.05, 4.69) is 4.98 Å². The van der Waals surface area contributed by atoms with E-state index in [-0.39, 0.29) is 23.6 Å². The van der Waals surface area contributed by atoms with Gasteiger partial charge in [0.2, 0.25) is 0 Å². The number of amides is 1. The van der Waals surface area contributed by atoms with Gasteiger partial charge in [0.1, 0.15) is 11.4 Å². The molecule has 3 aromatic rings. The maximum absolute atomic E-state index is 13.0. The van der Waals surface area contributed by atoms with Crippen molar-refractivity contribution in [3.05, 3.63) is 100 Å². The van der Waals surface area contributed by atoms with Crippen molar-refractivity contribution in [3.63, 3.8) is 0 Å². The minimum Gasteiger partial charge on any atom is -0.505 e. The normalized spacial score (nSPS) is 17.6. The van der Waals surface area contributed by atoms with Gasteiger partial charge in [-0.05, 0) is 53.9 Å². The van der Waals surface area contributed by atoms with Crippen LogP contribution >= 0.6 is 11.6 Å². The number of likely N-dealkylation sites (tertiary alicyclic amines) is 1. The molecule has 1 aliphatic heterocycles. The number of pyridine rings is 1. The molecule has 1 unspecified atom stereocenters. The quantitative estimate of drug-likeness (QED) is 0.343. The Kier molecular flexibility index (Phi) is 6.23. The van der Waals surface area contributed by atoms with Crippen LogP contribution in [0.25, 0.3) is 5.76 Å². The Balaban J connectivity index is 1.74. The van der Waals surface area contributed by atoms with Crippen molar-refractivity contribution >= 4 is 29.1 Å². The van der Waals surface area contributed by atoms with Gasteiger partial charge >= 0.3 is 0 Å². The van der Waals surface area contributed by atoms with Gasteiger partial charge < -0.3 is 14.7 Å². The Morgan fingerprint density at radius 2 is 1.88 bits per heavy atom. The van der Waals surface area contributed by atoms with Crippen molar-refractivity contribution in [2.45, 2.75) is 12.5 Å². The SMILES string of the molecule is COc1ccc(CCN2C(=O)C(=O)C(=C(O)c3ccccn3)C2c2cccc(Cl)c2)cc1. The lowest BCUT2D eigenvalue weighted by Crippen LogP contribution is -2.31. The summed E-state index contributed by atoms with van der Waals surface area (Å²) < 4.78 is 5.19. The largest absolute Gasteiger partial charge is 0.505 e. The lowest BCUT2D eigenvalue weighted by Gasteiger charge is -2.25. The zero-order valence-corrected chi connectivity index (χ0v) is 18.1. The number of aliphatic hydroxyl groups excluding tert-OH is 1. The highest BCUT2D eigenvalue weighted by Crippen LogP contribution is 2.39. The fourth-order valence-electron chi connectivity index (χ4n) is 3.82. The van der Waals surface area contributed by atoms with E-state index in [0.29, 0.717) is 17.0 Å². The van der Waals surface area contributed by atoms with Gasteiger partial charge in [0, 0.05) is 17.8 Å². The van der Waals surface area contributed by atoms with Crippen LogP contribution in [0.5, 0.6) is 5.75 Å². The van der Waals surface area contributed by atoms with Crippen molar-refractivity contribution in [1.29, 1.82) is 0 Å². The van der Waals surface area contributed by atoms with Gasteiger partial charge in [0.15, 0.2) is 5.76 Å². The van der Waals surface area contributed by atoms with Gasteiger partial charge in [-0.1, -0.05) is 41.9 Å². The lowest BCUT2D eigenvalue weighted by atomic mass is 9.96. The molecule has 1 fully saturated rings. The molecule has 1 aromatic heterocycles. The topological polar surface area (TPSA) is 79.7 Å². The summed E-state index contributed by atoms with van der Waals surface area (Å²) in [6, 6.07) is 18.7. The fraction of sp³-hybridized carbons (Fsp3) is 0.160. The molecular formula is C25H21ClN2O4. The summed E-state index contributed by atoms with van der Waals surface area (Å²) in [5.74, 6) is -0.974. The Morgan fingerprint density at radius 1 is 1.09 bits per heavy atom. The van der Waals surface area contributed by atoms with Crippen molar-refractivity contribution in [3.8, 4) is 5.75 Å². The predicted octanol–water partition coefficient (Wildman–Crippen LogP) is 4.41. The van der Waals surface area contributed by atoms with Crippen LogP contribution < -0.4 is 4.74 Å². The average Bonchev–Trinajstić information content (AvgIpc) is 3.08. The Labute approximate surface area is 190 Å². The number of carbonyl (C=O) groups is 2. The third kappa shape index (κ3) is 4.22. The molecule has 0 saturated carbocycles. The van der Waals surface area contributed by atoms with Gasteiger partial charge in [-0.25, -0.2) is 0 Å². The average molecular weight is 449 g/mol. The second-order valence-electron chi connectivity index (χ2n) is 7.36. The molecule has 0 bridgehead atoms. The van der Waals surface area contributed by atoms with Crippen LogP contribution in [0.1, 0.15) is 22.9 Å². The maximum atomic E-state index is 13.0. The smallest absolute Gasteiger partial charge is 0.295 e. The lowest BCUT2D eigenvalue weighted by molar-refractivity contribution is -0.139. The number of nitrogens with zero attached hydrogens (tertiary/aromatic N) is 2. The molecule has 1 saturated heterocycles. The zero-order valence-electron chi connectivity index (χ0n) is 17.4. The first-order valence-corrected chi connectivity index (χ1v) is 10.5. The molecule has 32 heavy (non-hydrogen) atoms. The van der Waals surface area contributed by atoms with Crippen LogP contribution in [0.15, 0.2) is 78.5 Å². The zero-order chi connectivity index (χ0) is 22.7. The van der Waals surface area contributed by atoms with Gasteiger partial charge in [0.05, 0.1) is 18.7 Å². The molecule has 1 amide bonds. The first-order chi connectivity index (χ1) is 15.5. The van der Waals surface area contributed by atoms with Crippen molar-refractivity contribution in [2.24, 2.45) is 0 Å². The molecule has 7 heteroatoms. The number of ketones is 1. The summed E-state index contributed by atoms with van der Waals surface area (Å²) in [4.78, 5) is 31.6. The predicted molar refractivity (Wildman–Crippen MR) is 121 cm³/mol. The fourth-order valence-corrected chi connectivity index (χ4v) is 4.02. The number of rotatable bonds is 6. The molecule has 0 spiro atoms. The molecular weight excluding hydrogens is 428 g/mol. The van der Waals surface area contributed by atoms with Gasteiger partial charge in [-0.15, -0.1) is 0 Å². The number of halogens is 1. The van der Waals surface area contributed by atoms with Crippen molar-refractivity contribution in [1.82, 2.24) is 9.88 Å². The summed E-state index contributed by atoms with van der Waals surface area (Å²) in [5, 5.41) is 11.4. The molecule has 1 aliphatic rings. The number of aliphatic hydroxyl groups is 1. The summed E-state index contributed by atoms with van der Waals surface area (Å²) in [5.41, 5.74) is 1.87. The Morgan fingerprint density at radius 3 is 2.53 bits per heavy atom. The molecule has 0 aliphatic carbocycles. The minimum absolute atomic E-state index is 0.00528. The number of benzene rings is 2. The highest BCUT2D eigenvalue weighted by atomic mass is 35.5. The number of carbonyl (C=O) groups excluding carboxylic acids is 2. The van der Waals surface area contributed by atoms with Crippen LogP contribution in [0.2, 0.25) is 5.02 Å². The molecule has 2 heterocycles. The van der Waals surface area contributed by atoms with Gasteiger partial charge in [0.25, 0.3) is 11.7 Å². The second-order valence-corrected chi connectivity index (χ2v) is 7.80. The molecule has 1 atom stereocenters. The molecule has 4 rings (SSSR count). The number of Topliss-reactive ketones (excluding diaryl/α,β-unsaturated/α-hetero) is 1. The van der Waals surface area contributed by atoms with Crippen LogP contribution in [0, 0.1) is 0 Å². The number of hydrogen-bond acceptors (Lipinski definition) is 5. The Bertz CT molecular complexity index is 1180. The number of aromatic nitrogens is 1. The molecule has 162 valence electrons. The standard InChI is InChI=1S/C25H21ClN2O4/c1-32-19-10-8-16(9-11-19)12-14-28-22(17-5-4-6-18(26)15-17)21(24(30)25(28)31)23(29)20-7-2-3-13-27-20/h2-11,13,15,22,29H,12,14H2,1H3. The minimum atomic E-state index is -0.769. The van der Waals surface area contributed by atoms with E-state index in [4.69, 9.17) is 16.3 Å². The van der Waals surface area contributed by atoms with E-state index < -0.39 is 17.7 Å². The van der Waals surface area contributed by atoms with Crippen molar-refractivity contribution < 1.29 is 19.4 Å². The number of methoxy groups -OCH3 is 1. The molecule has 0 radical (unpaired) electrons. The van der Waals surface area contributed by atoms with Gasteiger partial charge in [-0.3, -0.25) is 14.6 Å². The van der Waals surface area contributed by atoms with E-state index >= 15 is 0 Å². The number of hydrogen-bond donors (Lipinski definition) is 1. The van der Waals surface area contributed by atoms with E-state index in [1.165, 1.54) is 11.1 Å². The van der Waals surface area contributed by atoms with E-state index in [1.807, 2.05) is 24.3 Å². The van der Waals surface area contributed by atoms with E-state index in [0.717, 1.165) is 11.3 Å². The summed E-state index contributed by atoms with van der Waals surface area (Å²) in [7, 11) is 1.60. The second kappa shape index (κ2) is 9.24. The van der Waals surface area contributed by atoms with Crippen LogP contribution in [0.3, 0.4) is 0 Å². The van der Waals surface area contributed by atoms with Crippen LogP contribution in [0.4, 0.5) is 0 Å². The molecule has 1 N–H and O–H groups in total. The van der Waals surface area contributed by atoms with Crippen LogP contribution in [-0.4, -0.2) is 40.3 Å². The summed E-state index contributed by atoms with van der Waals surface area (Å²) in [6.45, 7) is 0.285. The van der Waals surface area contributed by atoms with E-state index in [1.54, 1.807) is 49.6 Å². The third-order valence-electron chi connectivity index (χ3n) is 5.41. The first kappa shape index (κ1) is 21.6. The molecule has 6 nitrogen and oxygen atoms in total. The van der Waals surface area contributed by atoms with Crippen LogP contribution in [-0.2, 0) is 16.0 Å². The highest BCUT2D eigenvalue weighted by Gasteiger charge is 2.46. The summed E-state index contributed by atoms with van der Waals surface area (Å²) in [6.07, 6.45) is 2.04. The Hall–Kier alpha value is -3.64. The first-order valence-electron chi connectivity index (χ1n) is 10.1. The number of ether oxygens (including phenoxy) is 1. The van der Waals surface area contributed by atoms with Crippen molar-refractivity contribution in [2.75, 3.05) is 13.7 Å². The highest BCUT2D eigenvalue weighted by molar-refractivity contribution is 6.46. The summed E-state index contributed by atoms with van der Waals surface area (Å²) >= 11 is 6.20. The van der Waals surface area contributed by atoms with Gasteiger partial charge in [-0.2, -0.15) is 0 Å². The molecule has 2 aromatic carbocycles.